The summed E-state index contributed by atoms with van der Waals surface area (Å²) in [4.78, 5) is 16.5. The Balaban J connectivity index is 2.01. The van der Waals surface area contributed by atoms with Gasteiger partial charge in [-0.2, -0.15) is 0 Å². The SMILES string of the molecule is COc1cc2c(cc1OC)C(=CC(=O)c1ccccn1)NCC2. The van der Waals surface area contributed by atoms with Gasteiger partial charge in [0.2, 0.25) is 5.78 Å². The molecule has 0 amide bonds. The lowest BCUT2D eigenvalue weighted by atomic mass is 9.96. The summed E-state index contributed by atoms with van der Waals surface area (Å²) >= 11 is 0. The van der Waals surface area contributed by atoms with E-state index in [1.54, 1.807) is 44.7 Å². The zero-order valence-electron chi connectivity index (χ0n) is 13.1. The molecule has 0 aliphatic carbocycles. The van der Waals surface area contributed by atoms with Crippen molar-refractivity contribution in [2.45, 2.75) is 6.42 Å². The zero-order valence-corrected chi connectivity index (χ0v) is 13.1. The minimum atomic E-state index is -0.129. The molecule has 0 fully saturated rings. The molecule has 0 bridgehead atoms. The second-order valence-electron chi connectivity index (χ2n) is 5.18. The highest BCUT2D eigenvalue weighted by atomic mass is 16.5. The van der Waals surface area contributed by atoms with Crippen molar-refractivity contribution in [3.05, 3.63) is 59.4 Å². The van der Waals surface area contributed by atoms with Crippen molar-refractivity contribution in [2.24, 2.45) is 0 Å². The average Bonchev–Trinajstić information content (AvgIpc) is 2.61. The molecule has 3 rings (SSSR count). The van der Waals surface area contributed by atoms with E-state index in [9.17, 15) is 4.79 Å². The fraction of sp³-hybridized carbons (Fsp3) is 0.222. The summed E-state index contributed by atoms with van der Waals surface area (Å²) in [6.45, 7) is 0.768. The molecule has 1 aromatic carbocycles. The third-order valence-electron chi connectivity index (χ3n) is 3.80. The van der Waals surface area contributed by atoms with Crippen LogP contribution in [-0.2, 0) is 6.42 Å². The van der Waals surface area contributed by atoms with Crippen LogP contribution in [0.15, 0.2) is 42.6 Å². The van der Waals surface area contributed by atoms with E-state index >= 15 is 0 Å². The highest BCUT2D eigenvalue weighted by Gasteiger charge is 2.19. The third-order valence-corrected chi connectivity index (χ3v) is 3.80. The number of carbonyl (C=O) groups is 1. The Morgan fingerprint density at radius 2 is 2.00 bits per heavy atom. The summed E-state index contributed by atoms with van der Waals surface area (Å²) in [6, 6.07) is 9.16. The topological polar surface area (TPSA) is 60.5 Å². The minimum Gasteiger partial charge on any atom is -0.493 e. The summed E-state index contributed by atoms with van der Waals surface area (Å²) in [5.74, 6) is 1.21. The normalized spacial score (nSPS) is 14.8. The van der Waals surface area contributed by atoms with Crippen molar-refractivity contribution < 1.29 is 14.3 Å². The van der Waals surface area contributed by atoms with Crippen LogP contribution in [0.4, 0.5) is 0 Å². The van der Waals surface area contributed by atoms with Gasteiger partial charge in [-0.25, -0.2) is 0 Å². The Bertz CT molecular complexity index is 754. The summed E-state index contributed by atoms with van der Waals surface area (Å²) in [5.41, 5.74) is 3.29. The van der Waals surface area contributed by atoms with Crippen molar-refractivity contribution in [1.82, 2.24) is 10.3 Å². The first-order chi connectivity index (χ1) is 11.2. The molecule has 0 atom stereocenters. The molecule has 0 saturated heterocycles. The van der Waals surface area contributed by atoms with E-state index in [1.807, 2.05) is 12.1 Å². The highest BCUT2D eigenvalue weighted by molar-refractivity contribution is 6.07. The average molecular weight is 310 g/mol. The number of methoxy groups -OCH3 is 2. The van der Waals surface area contributed by atoms with Crippen LogP contribution in [0.25, 0.3) is 5.70 Å². The van der Waals surface area contributed by atoms with Crippen molar-refractivity contribution in [1.29, 1.82) is 0 Å². The van der Waals surface area contributed by atoms with Gasteiger partial charge in [-0.05, 0) is 36.2 Å². The molecule has 2 aromatic rings. The molecule has 0 unspecified atom stereocenters. The van der Waals surface area contributed by atoms with Gasteiger partial charge in [0.05, 0.1) is 14.2 Å². The lowest BCUT2D eigenvalue weighted by Gasteiger charge is -2.23. The van der Waals surface area contributed by atoms with Gasteiger partial charge in [0, 0.05) is 30.1 Å². The van der Waals surface area contributed by atoms with E-state index in [1.165, 1.54) is 0 Å². The van der Waals surface area contributed by atoms with Crippen molar-refractivity contribution in [3.8, 4) is 11.5 Å². The first-order valence-electron chi connectivity index (χ1n) is 7.39. The predicted octanol–water partition coefficient (Wildman–Crippen LogP) is 2.47. The number of benzene rings is 1. The van der Waals surface area contributed by atoms with Crippen molar-refractivity contribution in [2.75, 3.05) is 20.8 Å². The van der Waals surface area contributed by atoms with Gasteiger partial charge in [0.15, 0.2) is 11.5 Å². The number of carbonyl (C=O) groups excluding carboxylic acids is 1. The number of ether oxygens (including phenoxy) is 2. The number of ketones is 1. The molecule has 0 spiro atoms. The molecule has 2 heterocycles. The lowest BCUT2D eigenvalue weighted by Crippen LogP contribution is -2.23. The molecule has 23 heavy (non-hydrogen) atoms. The van der Waals surface area contributed by atoms with Gasteiger partial charge in [0.1, 0.15) is 5.69 Å². The molecule has 0 radical (unpaired) electrons. The monoisotopic (exact) mass is 310 g/mol. The molecule has 0 saturated carbocycles. The Labute approximate surface area is 135 Å². The van der Waals surface area contributed by atoms with Crippen LogP contribution in [-0.4, -0.2) is 31.5 Å². The Hall–Kier alpha value is -2.82. The van der Waals surface area contributed by atoms with Crippen LogP contribution < -0.4 is 14.8 Å². The molecule has 5 heteroatoms. The van der Waals surface area contributed by atoms with Crippen LogP contribution in [0.3, 0.4) is 0 Å². The maximum absolute atomic E-state index is 12.4. The largest absolute Gasteiger partial charge is 0.493 e. The van der Waals surface area contributed by atoms with Gasteiger partial charge in [-0.15, -0.1) is 0 Å². The van der Waals surface area contributed by atoms with E-state index in [2.05, 4.69) is 10.3 Å². The van der Waals surface area contributed by atoms with Crippen molar-refractivity contribution in [3.63, 3.8) is 0 Å². The first kappa shape index (κ1) is 15.1. The molecule has 1 aliphatic rings. The van der Waals surface area contributed by atoms with Crippen LogP contribution >= 0.6 is 0 Å². The van der Waals surface area contributed by atoms with Gasteiger partial charge in [0.25, 0.3) is 0 Å². The lowest BCUT2D eigenvalue weighted by molar-refractivity contribution is 0.104. The maximum atomic E-state index is 12.4. The molecule has 1 aromatic heterocycles. The van der Waals surface area contributed by atoms with E-state index < -0.39 is 0 Å². The fourth-order valence-electron chi connectivity index (χ4n) is 2.65. The van der Waals surface area contributed by atoms with Gasteiger partial charge >= 0.3 is 0 Å². The standard InChI is InChI=1S/C18H18N2O3/c1-22-17-9-12-6-8-20-15(13(12)10-18(17)23-2)11-16(21)14-5-3-4-7-19-14/h3-5,7,9-11,20H,6,8H2,1-2H3. The number of hydrogen-bond donors (Lipinski definition) is 1. The number of pyridine rings is 1. The minimum absolute atomic E-state index is 0.129. The molecular weight excluding hydrogens is 292 g/mol. The van der Waals surface area contributed by atoms with Crippen LogP contribution in [0.2, 0.25) is 0 Å². The Morgan fingerprint density at radius 1 is 1.22 bits per heavy atom. The summed E-state index contributed by atoms with van der Waals surface area (Å²) in [5, 5.41) is 3.28. The summed E-state index contributed by atoms with van der Waals surface area (Å²) in [7, 11) is 3.22. The van der Waals surface area contributed by atoms with E-state index in [0.29, 0.717) is 17.2 Å². The number of rotatable bonds is 4. The number of aromatic nitrogens is 1. The molecular formula is C18H18N2O3. The third kappa shape index (κ3) is 3.04. The van der Waals surface area contributed by atoms with Crippen LogP contribution in [0, 0.1) is 0 Å². The van der Waals surface area contributed by atoms with E-state index in [0.717, 1.165) is 29.8 Å². The fourth-order valence-corrected chi connectivity index (χ4v) is 2.65. The summed E-state index contributed by atoms with van der Waals surface area (Å²) < 4.78 is 10.7. The Morgan fingerprint density at radius 3 is 2.70 bits per heavy atom. The van der Waals surface area contributed by atoms with Gasteiger partial charge in [-0.1, -0.05) is 6.07 Å². The number of allylic oxidation sites excluding steroid dienone is 1. The van der Waals surface area contributed by atoms with Crippen LogP contribution in [0.1, 0.15) is 21.6 Å². The van der Waals surface area contributed by atoms with E-state index in [4.69, 9.17) is 9.47 Å². The van der Waals surface area contributed by atoms with Crippen molar-refractivity contribution >= 4 is 11.5 Å². The first-order valence-corrected chi connectivity index (χ1v) is 7.39. The molecule has 118 valence electrons. The predicted molar refractivity (Wildman–Crippen MR) is 87.8 cm³/mol. The number of nitrogens with zero attached hydrogens (tertiary/aromatic N) is 1. The summed E-state index contributed by atoms with van der Waals surface area (Å²) in [6.07, 6.45) is 4.07. The highest BCUT2D eigenvalue weighted by Crippen LogP contribution is 2.34. The van der Waals surface area contributed by atoms with Crippen LogP contribution in [0.5, 0.6) is 11.5 Å². The van der Waals surface area contributed by atoms with E-state index in [-0.39, 0.29) is 5.78 Å². The molecule has 1 aliphatic heterocycles. The Kier molecular flexibility index (Phi) is 4.28. The quantitative estimate of drug-likeness (QED) is 0.694. The number of hydrogen-bond acceptors (Lipinski definition) is 5. The zero-order chi connectivity index (χ0) is 16.2. The second kappa shape index (κ2) is 6.52. The molecule has 1 N–H and O–H groups in total. The molecule has 5 nitrogen and oxygen atoms in total. The second-order valence-corrected chi connectivity index (χ2v) is 5.18. The van der Waals surface area contributed by atoms with Gasteiger partial charge < -0.3 is 14.8 Å². The van der Waals surface area contributed by atoms with Gasteiger partial charge in [-0.3, -0.25) is 9.78 Å². The maximum Gasteiger partial charge on any atom is 0.206 e. The number of nitrogens with one attached hydrogen (secondary N) is 1. The number of fused-ring (bicyclic) bond motifs is 1. The smallest absolute Gasteiger partial charge is 0.206 e.